The minimum atomic E-state index is -0.804. The smallest absolute Gasteiger partial charge is 0.261 e. The third-order valence-corrected chi connectivity index (χ3v) is 8.10. The lowest BCUT2D eigenvalue weighted by molar-refractivity contribution is -0.143. The van der Waals surface area contributed by atoms with E-state index in [0.717, 1.165) is 35.7 Å². The standard InChI is InChI=1S/C29H28BrCl3N2O3/c30-20-13-14-27(25(33)16-20)38-18-28(36)35(17-22-23(31)11-6-12-24(22)32)26(15-19-7-2-1-3-8-19)29(37)34-21-9-4-5-10-21/h1-3,6-8,11-14,16,21,26H,4-5,9-10,15,17-18H2,(H,34,37)/t26-/m1/s1. The van der Waals surface area contributed by atoms with Crippen LogP contribution in [0.3, 0.4) is 0 Å². The van der Waals surface area contributed by atoms with Gasteiger partial charge in [-0.05, 0) is 48.7 Å². The molecule has 1 aliphatic carbocycles. The van der Waals surface area contributed by atoms with Crippen molar-refractivity contribution >= 4 is 62.5 Å². The summed E-state index contributed by atoms with van der Waals surface area (Å²) in [4.78, 5) is 29.0. The third-order valence-electron chi connectivity index (χ3n) is 6.61. The molecule has 1 aliphatic rings. The monoisotopic (exact) mass is 636 g/mol. The number of halogens is 4. The fourth-order valence-electron chi connectivity index (χ4n) is 4.59. The van der Waals surface area contributed by atoms with E-state index in [0.29, 0.717) is 32.8 Å². The molecule has 0 unspecified atom stereocenters. The second-order valence-corrected chi connectivity index (χ2v) is 11.4. The fourth-order valence-corrected chi connectivity index (χ4v) is 5.83. The molecular formula is C29H28BrCl3N2O3. The Morgan fingerprint density at radius 1 is 0.947 bits per heavy atom. The van der Waals surface area contributed by atoms with Crippen molar-refractivity contribution in [3.63, 3.8) is 0 Å². The average molecular weight is 639 g/mol. The number of amides is 2. The zero-order chi connectivity index (χ0) is 27.1. The molecule has 1 fully saturated rings. The molecule has 9 heteroatoms. The van der Waals surface area contributed by atoms with Crippen molar-refractivity contribution in [3.8, 4) is 5.75 Å². The van der Waals surface area contributed by atoms with Gasteiger partial charge in [0.1, 0.15) is 11.8 Å². The molecule has 0 heterocycles. The summed E-state index contributed by atoms with van der Waals surface area (Å²) < 4.78 is 6.60. The van der Waals surface area contributed by atoms with Crippen LogP contribution in [0.5, 0.6) is 5.75 Å². The van der Waals surface area contributed by atoms with E-state index in [2.05, 4.69) is 21.2 Å². The van der Waals surface area contributed by atoms with Gasteiger partial charge in [-0.25, -0.2) is 0 Å². The van der Waals surface area contributed by atoms with Crippen LogP contribution in [0.1, 0.15) is 36.8 Å². The van der Waals surface area contributed by atoms with Crippen LogP contribution in [-0.4, -0.2) is 35.4 Å². The van der Waals surface area contributed by atoms with Gasteiger partial charge in [-0.15, -0.1) is 0 Å². The van der Waals surface area contributed by atoms with Crippen molar-refractivity contribution in [3.05, 3.63) is 97.4 Å². The van der Waals surface area contributed by atoms with E-state index >= 15 is 0 Å². The Morgan fingerprint density at radius 2 is 1.63 bits per heavy atom. The van der Waals surface area contributed by atoms with Gasteiger partial charge in [-0.2, -0.15) is 0 Å². The molecule has 3 aromatic rings. The number of ether oxygens (including phenoxy) is 1. The molecule has 200 valence electrons. The van der Waals surface area contributed by atoms with Crippen LogP contribution >= 0.6 is 50.7 Å². The lowest BCUT2D eigenvalue weighted by atomic mass is 10.0. The second-order valence-electron chi connectivity index (χ2n) is 9.28. The summed E-state index contributed by atoms with van der Waals surface area (Å²) >= 11 is 22.7. The van der Waals surface area contributed by atoms with Gasteiger partial charge in [-0.1, -0.05) is 100.0 Å². The summed E-state index contributed by atoms with van der Waals surface area (Å²) in [7, 11) is 0. The average Bonchev–Trinajstić information content (AvgIpc) is 3.40. The highest BCUT2D eigenvalue weighted by atomic mass is 79.9. The highest BCUT2D eigenvalue weighted by molar-refractivity contribution is 9.10. The quantitative estimate of drug-likeness (QED) is 0.251. The van der Waals surface area contributed by atoms with E-state index in [4.69, 9.17) is 39.5 Å². The van der Waals surface area contributed by atoms with Crippen LogP contribution in [0.4, 0.5) is 0 Å². The van der Waals surface area contributed by atoms with Crippen molar-refractivity contribution in [2.75, 3.05) is 6.61 Å². The lowest BCUT2D eigenvalue weighted by Gasteiger charge is -2.32. The Balaban J connectivity index is 1.66. The molecule has 0 aliphatic heterocycles. The van der Waals surface area contributed by atoms with E-state index in [1.165, 1.54) is 4.90 Å². The molecule has 5 nitrogen and oxygen atoms in total. The summed E-state index contributed by atoms with van der Waals surface area (Å²) in [5.41, 5.74) is 1.50. The van der Waals surface area contributed by atoms with Gasteiger partial charge < -0.3 is 15.0 Å². The normalized spacial score (nSPS) is 14.2. The second kappa shape index (κ2) is 13.7. The van der Waals surface area contributed by atoms with Gasteiger partial charge in [0.2, 0.25) is 5.91 Å². The van der Waals surface area contributed by atoms with Gasteiger partial charge in [0.25, 0.3) is 5.91 Å². The largest absolute Gasteiger partial charge is 0.482 e. The molecular weight excluding hydrogens is 611 g/mol. The maximum atomic E-state index is 13.8. The molecule has 38 heavy (non-hydrogen) atoms. The SMILES string of the molecule is O=C(NC1CCCC1)[C@@H](Cc1ccccc1)N(Cc1c(Cl)cccc1Cl)C(=O)COc1ccc(Br)cc1Cl. The fraction of sp³-hybridized carbons (Fsp3) is 0.310. The van der Waals surface area contributed by atoms with Gasteiger partial charge in [0.15, 0.2) is 6.61 Å². The summed E-state index contributed by atoms with van der Waals surface area (Å²) in [6.07, 6.45) is 4.34. The minimum Gasteiger partial charge on any atom is -0.482 e. The Hall–Kier alpha value is -2.25. The summed E-state index contributed by atoms with van der Waals surface area (Å²) in [5, 5.41) is 4.38. The molecule has 0 bridgehead atoms. The number of carbonyl (C=O) groups excluding carboxylic acids is 2. The van der Waals surface area contributed by atoms with Crippen molar-refractivity contribution in [1.29, 1.82) is 0 Å². The topological polar surface area (TPSA) is 58.6 Å². The highest BCUT2D eigenvalue weighted by Crippen LogP contribution is 2.30. The first-order valence-corrected chi connectivity index (χ1v) is 14.4. The molecule has 0 saturated heterocycles. The molecule has 0 spiro atoms. The zero-order valence-electron chi connectivity index (χ0n) is 20.6. The van der Waals surface area contributed by atoms with Gasteiger partial charge in [0, 0.05) is 39.1 Å². The number of hydrogen-bond donors (Lipinski definition) is 1. The zero-order valence-corrected chi connectivity index (χ0v) is 24.5. The van der Waals surface area contributed by atoms with E-state index in [1.807, 2.05) is 30.3 Å². The van der Waals surface area contributed by atoms with Crippen LogP contribution in [0, 0.1) is 0 Å². The molecule has 1 N–H and O–H groups in total. The number of rotatable bonds is 10. The number of carbonyl (C=O) groups is 2. The van der Waals surface area contributed by atoms with Crippen molar-refractivity contribution in [1.82, 2.24) is 10.2 Å². The van der Waals surface area contributed by atoms with E-state index in [9.17, 15) is 9.59 Å². The number of hydrogen-bond acceptors (Lipinski definition) is 3. The van der Waals surface area contributed by atoms with Gasteiger partial charge >= 0.3 is 0 Å². The van der Waals surface area contributed by atoms with Crippen LogP contribution in [-0.2, 0) is 22.6 Å². The minimum absolute atomic E-state index is 0.0460. The predicted molar refractivity (Wildman–Crippen MR) is 156 cm³/mol. The Bertz CT molecular complexity index is 1250. The number of nitrogens with one attached hydrogen (secondary N) is 1. The van der Waals surface area contributed by atoms with Crippen LogP contribution in [0.25, 0.3) is 0 Å². The van der Waals surface area contributed by atoms with Crippen molar-refractivity contribution in [2.24, 2.45) is 0 Å². The molecule has 0 radical (unpaired) electrons. The first-order valence-electron chi connectivity index (χ1n) is 12.5. The summed E-state index contributed by atoms with van der Waals surface area (Å²) in [6, 6.07) is 19.3. The van der Waals surface area contributed by atoms with E-state index in [1.54, 1.807) is 36.4 Å². The highest BCUT2D eigenvalue weighted by Gasteiger charge is 2.33. The Kier molecular flexibility index (Phi) is 10.4. The number of benzene rings is 3. The number of nitrogens with zero attached hydrogens (tertiary/aromatic N) is 1. The van der Waals surface area contributed by atoms with Crippen LogP contribution < -0.4 is 10.1 Å². The first kappa shape index (κ1) is 28.8. The Morgan fingerprint density at radius 3 is 2.29 bits per heavy atom. The molecule has 1 saturated carbocycles. The van der Waals surface area contributed by atoms with E-state index < -0.39 is 6.04 Å². The van der Waals surface area contributed by atoms with Gasteiger partial charge in [0.05, 0.1) is 5.02 Å². The molecule has 0 aromatic heterocycles. The van der Waals surface area contributed by atoms with Crippen molar-refractivity contribution in [2.45, 2.75) is 50.7 Å². The van der Waals surface area contributed by atoms with Crippen molar-refractivity contribution < 1.29 is 14.3 Å². The predicted octanol–water partition coefficient (Wildman–Crippen LogP) is 7.49. The molecule has 1 atom stereocenters. The lowest BCUT2D eigenvalue weighted by Crippen LogP contribution is -2.53. The maximum Gasteiger partial charge on any atom is 0.261 e. The van der Waals surface area contributed by atoms with Crippen LogP contribution in [0.15, 0.2) is 71.2 Å². The molecule has 3 aromatic carbocycles. The van der Waals surface area contributed by atoms with Gasteiger partial charge in [-0.3, -0.25) is 9.59 Å². The van der Waals surface area contributed by atoms with Crippen LogP contribution in [0.2, 0.25) is 15.1 Å². The maximum absolute atomic E-state index is 13.8. The first-order chi connectivity index (χ1) is 18.3. The third kappa shape index (κ3) is 7.66. The molecule has 2 amide bonds. The summed E-state index contributed by atoms with van der Waals surface area (Å²) in [5.74, 6) is -0.226. The Labute approximate surface area is 246 Å². The summed E-state index contributed by atoms with van der Waals surface area (Å²) in [6.45, 7) is -0.268. The van der Waals surface area contributed by atoms with E-state index in [-0.39, 0.29) is 31.0 Å². The molecule has 4 rings (SSSR count).